The fraction of sp³-hybridized carbons (Fsp3) is 0.500. The number of fused-ring (bicyclic) bond motifs is 2. The zero-order valence-electron chi connectivity index (χ0n) is 31.7. The van der Waals surface area contributed by atoms with Gasteiger partial charge in [0.15, 0.2) is 5.82 Å². The fourth-order valence-electron chi connectivity index (χ4n) is 6.34. The second-order valence-corrected chi connectivity index (χ2v) is 15.2. The summed E-state index contributed by atoms with van der Waals surface area (Å²) in [6.45, 7) is 7.70. The quantitative estimate of drug-likeness (QED) is 0.258. The van der Waals surface area contributed by atoms with Crippen LogP contribution in [0.4, 0.5) is 29.3 Å². The second kappa shape index (κ2) is 13.8. The summed E-state index contributed by atoms with van der Waals surface area (Å²) in [5.41, 5.74) is -0.513. The van der Waals surface area contributed by atoms with Crippen molar-refractivity contribution in [1.82, 2.24) is 29.0 Å². The van der Waals surface area contributed by atoms with Crippen molar-refractivity contribution in [3.63, 3.8) is 0 Å². The molecule has 2 aliphatic rings. The molecule has 1 N–H and O–H groups in total. The number of piperazine rings is 1. The van der Waals surface area contributed by atoms with E-state index in [4.69, 9.17) is 25.4 Å². The van der Waals surface area contributed by atoms with Crippen molar-refractivity contribution >= 4 is 52.1 Å². The van der Waals surface area contributed by atoms with E-state index >= 15 is 0 Å². The number of amides is 2. The van der Waals surface area contributed by atoms with E-state index in [9.17, 15) is 27.6 Å². The summed E-state index contributed by atoms with van der Waals surface area (Å²) >= 11 is 7.48. The summed E-state index contributed by atoms with van der Waals surface area (Å²) in [7, 11) is 0. The number of ether oxygens (including phenoxy) is 1. The van der Waals surface area contributed by atoms with Crippen molar-refractivity contribution in [2.75, 3.05) is 43.4 Å². The largest absolute Gasteiger partial charge is 0.444 e. The normalized spacial score (nSPS) is 18.3. The number of aromatic nitrogens is 4. The van der Waals surface area contributed by atoms with Gasteiger partial charge >= 0.3 is 12.3 Å². The molecule has 0 spiro atoms. The molecule has 6 rings (SSSR count). The van der Waals surface area contributed by atoms with Crippen molar-refractivity contribution in [3.8, 4) is 10.7 Å². The molecule has 1 fully saturated rings. The van der Waals surface area contributed by atoms with Gasteiger partial charge in [0.25, 0.3) is 5.56 Å². The number of benzene rings is 1. The molecule has 4 aromatic rings. The Hall–Kier alpha value is -4.15. The Morgan fingerprint density at radius 3 is 2.59 bits per heavy atom. The van der Waals surface area contributed by atoms with E-state index in [1.165, 1.54) is 16.2 Å². The number of alkyl halides is 3. The number of halogens is 4. The van der Waals surface area contributed by atoms with Crippen LogP contribution in [-0.4, -0.2) is 85.8 Å². The van der Waals surface area contributed by atoms with Gasteiger partial charge in [-0.25, -0.2) is 4.79 Å². The molecule has 2 aliphatic heterocycles. The Labute approximate surface area is 306 Å². The van der Waals surface area contributed by atoms with Crippen LogP contribution in [0.3, 0.4) is 0 Å². The molecule has 0 bridgehead atoms. The first kappa shape index (κ1) is 32.7. The Morgan fingerprint density at radius 1 is 1.18 bits per heavy atom. The molecular weight excluding hydrogens is 709 g/mol. The lowest BCUT2D eigenvalue weighted by atomic mass is 10.1. The zero-order valence-corrected chi connectivity index (χ0v) is 30.3. The maximum Gasteiger partial charge on any atom is 0.416 e. The first-order chi connectivity index (χ1) is 25.1. The predicted octanol–water partition coefficient (Wildman–Crippen LogP) is 5.93. The summed E-state index contributed by atoms with van der Waals surface area (Å²) < 4.78 is 71.6. The molecule has 3 aromatic heterocycles. The van der Waals surface area contributed by atoms with Crippen molar-refractivity contribution in [2.45, 2.75) is 78.4 Å². The SMILES string of the molecule is [2H]C([2H])([2H])N1CCc2cc(-c3nc4n(CC(=O)Nc5ccc(C(F)(F)F)cc5Cl)c(CC)c(N5CCN(C(=O)OC(C)(C)C)[C@H](C)C5)c(=O)n4n3)sc2C1. The van der Waals surface area contributed by atoms with E-state index in [0.29, 0.717) is 23.5 Å². The number of hydrogen-bond acceptors (Lipinski definition) is 9. The highest BCUT2D eigenvalue weighted by Gasteiger charge is 2.35. The predicted molar refractivity (Wildman–Crippen MR) is 190 cm³/mol. The van der Waals surface area contributed by atoms with Crippen LogP contribution < -0.4 is 15.8 Å². The number of hydrogen-bond donors (Lipinski definition) is 1. The highest BCUT2D eigenvalue weighted by atomic mass is 35.5. The van der Waals surface area contributed by atoms with Gasteiger partial charge in [-0.15, -0.1) is 16.4 Å². The van der Waals surface area contributed by atoms with Crippen molar-refractivity contribution in [1.29, 1.82) is 0 Å². The summed E-state index contributed by atoms with van der Waals surface area (Å²) in [6, 6.07) is 4.15. The van der Waals surface area contributed by atoms with Gasteiger partial charge in [0.2, 0.25) is 11.7 Å². The second-order valence-electron chi connectivity index (χ2n) is 13.6. The van der Waals surface area contributed by atoms with Gasteiger partial charge < -0.3 is 29.3 Å². The minimum absolute atomic E-state index is 0.0329. The molecule has 0 unspecified atom stereocenters. The third-order valence-corrected chi connectivity index (χ3v) is 10.2. The van der Waals surface area contributed by atoms with Gasteiger partial charge in [-0.05, 0) is 77.3 Å². The number of thiophene rings is 1. The molecule has 51 heavy (non-hydrogen) atoms. The van der Waals surface area contributed by atoms with Crippen molar-refractivity contribution in [2.24, 2.45) is 0 Å². The first-order valence-corrected chi connectivity index (χ1v) is 17.6. The van der Waals surface area contributed by atoms with Crippen LogP contribution in [0.15, 0.2) is 29.1 Å². The van der Waals surface area contributed by atoms with Crippen LogP contribution in [-0.2, 0) is 41.6 Å². The number of carbonyl (C=O) groups is 2. The Morgan fingerprint density at radius 2 is 1.94 bits per heavy atom. The number of nitrogens with one attached hydrogen (secondary N) is 1. The van der Waals surface area contributed by atoms with E-state index in [2.05, 4.69) is 10.4 Å². The Balaban J connectivity index is 1.40. The first-order valence-electron chi connectivity index (χ1n) is 17.9. The lowest BCUT2D eigenvalue weighted by molar-refractivity contribution is -0.137. The Bertz CT molecular complexity index is 2160. The highest BCUT2D eigenvalue weighted by Crippen LogP contribution is 2.35. The van der Waals surface area contributed by atoms with Gasteiger partial charge in [-0.3, -0.25) is 9.59 Å². The van der Waals surface area contributed by atoms with Crippen molar-refractivity contribution in [3.05, 3.63) is 61.3 Å². The molecule has 1 atom stereocenters. The molecule has 1 saturated heterocycles. The van der Waals surface area contributed by atoms with Crippen LogP contribution in [0, 0.1) is 0 Å². The van der Waals surface area contributed by atoms with Gasteiger partial charge in [0.05, 0.1) is 26.8 Å². The van der Waals surface area contributed by atoms with E-state index in [0.717, 1.165) is 33.2 Å². The molecule has 2 amide bonds. The van der Waals surface area contributed by atoms with Crippen LogP contribution >= 0.6 is 22.9 Å². The third-order valence-electron chi connectivity index (χ3n) is 8.71. The third kappa shape index (κ3) is 7.58. The molecule has 12 nitrogen and oxygen atoms in total. The topological polar surface area (TPSA) is 117 Å². The van der Waals surface area contributed by atoms with Crippen molar-refractivity contribution < 1.29 is 31.6 Å². The van der Waals surface area contributed by atoms with Crippen LogP contribution in [0.25, 0.3) is 16.5 Å². The van der Waals surface area contributed by atoms with E-state index in [1.807, 2.05) is 24.8 Å². The number of likely N-dealkylation sites (N-methyl/N-ethyl adjacent to an activating group) is 1. The smallest absolute Gasteiger partial charge is 0.416 e. The lowest BCUT2D eigenvalue weighted by Gasteiger charge is -2.41. The highest BCUT2D eigenvalue weighted by molar-refractivity contribution is 7.15. The average Bonchev–Trinajstić information content (AvgIpc) is 3.70. The molecular formula is C34H40ClF3N8O4S. The number of rotatable bonds is 6. The summed E-state index contributed by atoms with van der Waals surface area (Å²) in [5, 5.41) is 6.89. The minimum atomic E-state index is -4.63. The molecule has 5 heterocycles. The van der Waals surface area contributed by atoms with Crippen LogP contribution in [0.5, 0.6) is 0 Å². The summed E-state index contributed by atoms with van der Waals surface area (Å²) in [4.78, 5) is 52.1. The van der Waals surface area contributed by atoms with E-state index in [-0.39, 0.29) is 66.6 Å². The maximum atomic E-state index is 14.4. The van der Waals surface area contributed by atoms with E-state index in [1.54, 1.807) is 30.2 Å². The van der Waals surface area contributed by atoms with Gasteiger partial charge in [0, 0.05) is 47.8 Å². The zero-order chi connectivity index (χ0) is 39.5. The minimum Gasteiger partial charge on any atom is -0.444 e. The molecule has 17 heteroatoms. The molecule has 1 aromatic carbocycles. The number of anilines is 2. The molecule has 274 valence electrons. The summed E-state index contributed by atoms with van der Waals surface area (Å²) in [5.74, 6) is -0.388. The molecule has 0 radical (unpaired) electrons. The van der Waals surface area contributed by atoms with Gasteiger partial charge in [0.1, 0.15) is 17.8 Å². The van der Waals surface area contributed by atoms with Gasteiger partial charge in [-0.2, -0.15) is 22.7 Å². The average molecular weight is 752 g/mol. The lowest BCUT2D eigenvalue weighted by Crippen LogP contribution is -2.56. The van der Waals surface area contributed by atoms with Crippen LogP contribution in [0.1, 0.15) is 60.4 Å². The van der Waals surface area contributed by atoms with E-state index < -0.39 is 48.4 Å². The van der Waals surface area contributed by atoms with Crippen LogP contribution in [0.2, 0.25) is 5.02 Å². The number of carbonyl (C=O) groups excluding carboxylic acids is 2. The summed E-state index contributed by atoms with van der Waals surface area (Å²) in [6.07, 6.45) is -4.32. The van der Waals surface area contributed by atoms with Gasteiger partial charge in [-0.1, -0.05) is 18.5 Å². The molecule has 0 aliphatic carbocycles. The molecule has 0 saturated carbocycles. The maximum absolute atomic E-state index is 14.4. The number of nitrogens with zero attached hydrogens (tertiary/aromatic N) is 7. The fourth-order valence-corrected chi connectivity index (χ4v) is 7.73. The standard InChI is InChI=1S/C34H40ClF3N8O4S/c1-7-24-28(43-12-13-44(19(2)16-43)32(49)50-33(3,4)5)30(48)46-31(40-29(41-46)25-14-20-10-11-42(6)17-26(20)51-25)45(24)18-27(47)39-23-9-8-21(15-22(23)35)34(36,37)38/h8-9,14-15,19H,7,10-13,16-18H2,1-6H3,(H,39,47)/t19-/m1/s1/i6D3. The Kier molecular flexibility index (Phi) is 8.84. The monoisotopic (exact) mass is 751 g/mol.